The van der Waals surface area contributed by atoms with Crippen LogP contribution in [0.1, 0.15) is 30.9 Å². The minimum Gasteiger partial charge on any atom is -0.356 e. The fourth-order valence-corrected chi connectivity index (χ4v) is 3.83. The lowest BCUT2D eigenvalue weighted by Gasteiger charge is -2.10. The molecule has 0 bridgehead atoms. The highest BCUT2D eigenvalue weighted by atomic mass is 32.2. The molecule has 1 aliphatic carbocycles. The number of carbonyl (C=O) groups excluding carboxylic acids is 1. The van der Waals surface area contributed by atoms with Crippen LogP contribution in [0.3, 0.4) is 0 Å². The predicted octanol–water partition coefficient (Wildman–Crippen LogP) is 1.05. The average Bonchev–Trinajstić information content (AvgIpc) is 2.98. The lowest BCUT2D eigenvalue weighted by atomic mass is 10.1. The van der Waals surface area contributed by atoms with E-state index in [2.05, 4.69) is 5.32 Å². The molecule has 1 unspecified atom stereocenters. The fourth-order valence-electron chi connectivity index (χ4n) is 2.55. The van der Waals surface area contributed by atoms with Gasteiger partial charge < -0.3 is 11.1 Å². The normalized spacial score (nSPS) is 15.4. The molecule has 22 heavy (non-hydrogen) atoms. The topological polar surface area (TPSA) is 89.3 Å². The summed E-state index contributed by atoms with van der Waals surface area (Å²) < 4.78 is 24.7. The van der Waals surface area contributed by atoms with Crippen molar-refractivity contribution in [1.29, 1.82) is 0 Å². The number of sulfone groups is 1. The number of aryl methyl sites for hydroxylation is 2. The van der Waals surface area contributed by atoms with Gasteiger partial charge in [-0.1, -0.05) is 13.0 Å². The zero-order valence-electron chi connectivity index (χ0n) is 13.0. The molecular weight excluding hydrogens is 300 g/mol. The number of benzene rings is 1. The molecule has 0 radical (unpaired) electrons. The quantitative estimate of drug-likeness (QED) is 0.784. The molecule has 1 amide bonds. The Labute approximate surface area is 132 Å². The zero-order chi connectivity index (χ0) is 16.2. The Morgan fingerprint density at radius 3 is 2.77 bits per heavy atom. The molecule has 1 aromatic rings. The number of carbonyl (C=O) groups is 1. The molecule has 3 N–H and O–H groups in total. The summed E-state index contributed by atoms with van der Waals surface area (Å²) in [5, 5.41) is 2.72. The molecule has 1 atom stereocenters. The van der Waals surface area contributed by atoms with Gasteiger partial charge >= 0.3 is 0 Å². The van der Waals surface area contributed by atoms with Crippen LogP contribution in [0.25, 0.3) is 0 Å². The predicted molar refractivity (Wildman–Crippen MR) is 86.4 cm³/mol. The van der Waals surface area contributed by atoms with Crippen LogP contribution in [-0.2, 0) is 27.5 Å². The standard InChI is InChI=1S/C16H24N2O3S/c1-12(10-17)11-18-16(19)7-8-22(20,21)15-6-5-13-3-2-4-14(13)9-15/h5-6,9,12H,2-4,7-8,10-11,17H2,1H3,(H,18,19). The maximum Gasteiger partial charge on any atom is 0.221 e. The number of fused-ring (bicyclic) bond motifs is 1. The number of amides is 1. The summed E-state index contributed by atoms with van der Waals surface area (Å²) in [6, 6.07) is 5.33. The van der Waals surface area contributed by atoms with Gasteiger partial charge in [0.25, 0.3) is 0 Å². The van der Waals surface area contributed by atoms with Crippen LogP contribution in [0.15, 0.2) is 23.1 Å². The van der Waals surface area contributed by atoms with Gasteiger partial charge in [0, 0.05) is 13.0 Å². The fraction of sp³-hybridized carbons (Fsp3) is 0.562. The van der Waals surface area contributed by atoms with Gasteiger partial charge in [-0.2, -0.15) is 0 Å². The third-order valence-corrected chi connectivity index (χ3v) is 5.79. The van der Waals surface area contributed by atoms with E-state index in [1.807, 2.05) is 13.0 Å². The maximum absolute atomic E-state index is 12.3. The maximum atomic E-state index is 12.3. The summed E-state index contributed by atoms with van der Waals surface area (Å²) in [6.45, 7) is 2.91. The summed E-state index contributed by atoms with van der Waals surface area (Å²) in [5.41, 5.74) is 7.85. The second-order valence-corrected chi connectivity index (χ2v) is 8.11. The van der Waals surface area contributed by atoms with E-state index in [0.29, 0.717) is 18.0 Å². The first-order valence-electron chi connectivity index (χ1n) is 7.73. The van der Waals surface area contributed by atoms with E-state index in [1.54, 1.807) is 12.1 Å². The lowest BCUT2D eigenvalue weighted by Crippen LogP contribution is -2.32. The molecular formula is C16H24N2O3S. The Kier molecular flexibility index (Phi) is 5.58. The molecule has 0 saturated carbocycles. The highest BCUT2D eigenvalue weighted by Gasteiger charge is 2.19. The molecule has 6 heteroatoms. The van der Waals surface area contributed by atoms with Crippen LogP contribution >= 0.6 is 0 Å². The minimum atomic E-state index is -3.41. The number of rotatable bonds is 7. The van der Waals surface area contributed by atoms with Gasteiger partial charge in [0.1, 0.15) is 0 Å². The van der Waals surface area contributed by atoms with Gasteiger partial charge in [-0.3, -0.25) is 4.79 Å². The average molecular weight is 324 g/mol. The molecule has 0 aromatic heterocycles. The van der Waals surface area contributed by atoms with Gasteiger partial charge in [-0.05, 0) is 55.0 Å². The monoisotopic (exact) mass is 324 g/mol. The first-order valence-corrected chi connectivity index (χ1v) is 9.39. The van der Waals surface area contributed by atoms with Crippen LogP contribution in [-0.4, -0.2) is 33.2 Å². The van der Waals surface area contributed by atoms with Crippen molar-refractivity contribution in [3.05, 3.63) is 29.3 Å². The van der Waals surface area contributed by atoms with E-state index in [9.17, 15) is 13.2 Å². The van der Waals surface area contributed by atoms with Crippen LogP contribution in [0.2, 0.25) is 0 Å². The zero-order valence-corrected chi connectivity index (χ0v) is 13.8. The highest BCUT2D eigenvalue weighted by molar-refractivity contribution is 7.91. The van der Waals surface area contributed by atoms with Crippen molar-refractivity contribution in [2.24, 2.45) is 11.7 Å². The van der Waals surface area contributed by atoms with Crippen molar-refractivity contribution in [3.63, 3.8) is 0 Å². The van der Waals surface area contributed by atoms with E-state index in [-0.39, 0.29) is 24.0 Å². The SMILES string of the molecule is CC(CN)CNC(=O)CCS(=O)(=O)c1ccc2c(c1)CCC2. The third-order valence-electron chi connectivity index (χ3n) is 4.08. The van der Waals surface area contributed by atoms with Crippen molar-refractivity contribution < 1.29 is 13.2 Å². The Morgan fingerprint density at radius 2 is 2.05 bits per heavy atom. The van der Waals surface area contributed by atoms with Crippen molar-refractivity contribution in [2.45, 2.75) is 37.5 Å². The van der Waals surface area contributed by atoms with Crippen LogP contribution < -0.4 is 11.1 Å². The van der Waals surface area contributed by atoms with Crippen LogP contribution in [0.5, 0.6) is 0 Å². The summed E-state index contributed by atoms with van der Waals surface area (Å²) in [4.78, 5) is 12.0. The van der Waals surface area contributed by atoms with Crippen molar-refractivity contribution >= 4 is 15.7 Å². The van der Waals surface area contributed by atoms with E-state index >= 15 is 0 Å². The van der Waals surface area contributed by atoms with E-state index in [0.717, 1.165) is 24.8 Å². The van der Waals surface area contributed by atoms with Crippen molar-refractivity contribution in [3.8, 4) is 0 Å². The summed E-state index contributed by atoms with van der Waals surface area (Å²) in [6.07, 6.45) is 3.03. The molecule has 122 valence electrons. The van der Waals surface area contributed by atoms with Crippen LogP contribution in [0.4, 0.5) is 0 Å². The second kappa shape index (κ2) is 7.24. The molecule has 0 saturated heterocycles. The molecule has 2 rings (SSSR count). The molecule has 0 aliphatic heterocycles. The van der Waals surface area contributed by atoms with E-state index in [1.165, 1.54) is 5.56 Å². The summed E-state index contributed by atoms with van der Waals surface area (Å²) >= 11 is 0. The van der Waals surface area contributed by atoms with E-state index in [4.69, 9.17) is 5.73 Å². The van der Waals surface area contributed by atoms with Gasteiger partial charge in [0.2, 0.25) is 5.91 Å². The first-order chi connectivity index (χ1) is 10.4. The molecule has 0 spiro atoms. The van der Waals surface area contributed by atoms with Crippen LogP contribution in [0, 0.1) is 5.92 Å². The first kappa shape index (κ1) is 17.0. The largest absolute Gasteiger partial charge is 0.356 e. The lowest BCUT2D eigenvalue weighted by molar-refractivity contribution is -0.120. The van der Waals surface area contributed by atoms with Crippen molar-refractivity contribution in [1.82, 2.24) is 5.32 Å². The highest BCUT2D eigenvalue weighted by Crippen LogP contribution is 2.25. The second-order valence-electron chi connectivity index (χ2n) is 6.00. The Hall–Kier alpha value is -1.40. The van der Waals surface area contributed by atoms with Crippen molar-refractivity contribution in [2.75, 3.05) is 18.8 Å². The molecule has 1 aliphatic rings. The molecule has 1 aromatic carbocycles. The summed E-state index contributed by atoms with van der Waals surface area (Å²) in [5.74, 6) is -0.212. The molecule has 0 heterocycles. The Bertz CT molecular complexity index is 641. The summed E-state index contributed by atoms with van der Waals surface area (Å²) in [7, 11) is -3.41. The van der Waals surface area contributed by atoms with E-state index < -0.39 is 9.84 Å². The minimum absolute atomic E-state index is 0.0172. The number of hydrogen-bond donors (Lipinski definition) is 2. The Balaban J connectivity index is 1.92. The Morgan fingerprint density at radius 1 is 1.32 bits per heavy atom. The number of nitrogens with one attached hydrogen (secondary N) is 1. The molecule has 0 fully saturated rings. The smallest absolute Gasteiger partial charge is 0.221 e. The van der Waals surface area contributed by atoms with Gasteiger partial charge in [-0.15, -0.1) is 0 Å². The number of hydrogen-bond acceptors (Lipinski definition) is 4. The van der Waals surface area contributed by atoms with Gasteiger partial charge in [-0.25, -0.2) is 8.42 Å². The molecule has 5 nitrogen and oxygen atoms in total. The van der Waals surface area contributed by atoms with Gasteiger partial charge in [0.15, 0.2) is 9.84 Å². The third kappa shape index (κ3) is 4.30. The van der Waals surface area contributed by atoms with Gasteiger partial charge in [0.05, 0.1) is 10.6 Å². The number of nitrogens with two attached hydrogens (primary N) is 1.